The number of ether oxygens (including phenoxy) is 2. The molecule has 15 rings (SSSR count). The van der Waals surface area contributed by atoms with Crippen LogP contribution in [0.5, 0.6) is 11.5 Å². The average Bonchev–Trinajstić information content (AvgIpc) is 0.900. The molecular formula is C86H68Br2N2O2P2S2. The highest BCUT2D eigenvalue weighted by molar-refractivity contribution is 7.96. The summed E-state index contributed by atoms with van der Waals surface area (Å²) in [5.41, 5.74) is 12.3. The van der Waals surface area contributed by atoms with Crippen LogP contribution in [0.4, 0.5) is 0 Å². The summed E-state index contributed by atoms with van der Waals surface area (Å²) in [5.74, 6) is 1.68. The van der Waals surface area contributed by atoms with Crippen LogP contribution in [0.2, 0.25) is 0 Å². The van der Waals surface area contributed by atoms with Crippen molar-refractivity contribution in [1.29, 1.82) is 0 Å². The number of thiophene rings is 2. The van der Waals surface area contributed by atoms with Gasteiger partial charge in [0.2, 0.25) is 0 Å². The smallest absolute Gasteiger partial charge is 0.119 e. The van der Waals surface area contributed by atoms with E-state index in [2.05, 4.69) is 340 Å². The Bertz CT molecular complexity index is 4480. The van der Waals surface area contributed by atoms with Crippen LogP contribution >= 0.6 is 37.2 Å². The molecule has 0 radical (unpaired) electrons. The minimum Gasteiger partial charge on any atom is -1.00 e. The number of fused-ring (bicyclic) bond motifs is 8. The maximum Gasteiger partial charge on any atom is 0.119 e. The number of benzene rings is 10. The zero-order chi connectivity index (χ0) is 62.9. The molecule has 13 aromatic rings. The van der Waals surface area contributed by atoms with Crippen molar-refractivity contribution >= 4 is 112 Å². The first-order valence-electron chi connectivity index (χ1n) is 32.2. The molecule has 0 spiro atoms. The molecule has 0 saturated carbocycles. The second-order valence-electron chi connectivity index (χ2n) is 23.5. The summed E-state index contributed by atoms with van der Waals surface area (Å²) in [6.07, 6.45) is 12.5. The Kier molecular flexibility index (Phi) is 20.8. The molecule has 4 nitrogen and oxygen atoms in total. The molecule has 0 atom stereocenters. The molecule has 0 aliphatic carbocycles. The summed E-state index contributed by atoms with van der Waals surface area (Å²) in [5, 5.41) is 8.30. The number of halogens is 2. The van der Waals surface area contributed by atoms with Crippen LogP contribution in [0.1, 0.15) is 35.6 Å². The molecule has 5 heterocycles. The Balaban J connectivity index is 0.00000417. The topological polar surface area (TPSA) is 44.2 Å². The fourth-order valence-electron chi connectivity index (χ4n) is 13.6. The Hall–Kier alpha value is -8.94. The minimum absolute atomic E-state index is 0. The third-order valence-electron chi connectivity index (χ3n) is 17.9. The number of nitrogens with zero attached hydrogens (tertiary/aromatic N) is 2. The molecule has 10 aromatic carbocycles. The maximum atomic E-state index is 6.73. The normalized spacial score (nSPS) is 11.8. The highest BCUT2D eigenvalue weighted by atomic mass is 79.9. The van der Waals surface area contributed by atoms with Crippen LogP contribution in [-0.4, -0.2) is 35.5 Å². The van der Waals surface area contributed by atoms with Gasteiger partial charge in [0.1, 0.15) is 57.9 Å². The molecular weight excluding hydrogens is 1380 g/mol. The molecule has 96 heavy (non-hydrogen) atoms. The van der Waals surface area contributed by atoms with Crippen molar-refractivity contribution in [3.05, 3.63) is 338 Å². The molecule has 10 heteroatoms. The van der Waals surface area contributed by atoms with Crippen molar-refractivity contribution in [3.8, 4) is 56.0 Å². The second-order valence-corrected chi connectivity index (χ2v) is 32.9. The summed E-state index contributed by atoms with van der Waals surface area (Å²) in [6.45, 7) is 1.17. The van der Waals surface area contributed by atoms with Gasteiger partial charge in [-0.3, -0.25) is 0 Å². The minimum atomic E-state index is -2.00. The summed E-state index contributed by atoms with van der Waals surface area (Å²) < 4.78 is 17.9. The van der Waals surface area contributed by atoms with E-state index >= 15 is 0 Å². The van der Waals surface area contributed by atoms with Gasteiger partial charge in [0, 0.05) is 53.9 Å². The van der Waals surface area contributed by atoms with Gasteiger partial charge < -0.3 is 43.4 Å². The van der Waals surface area contributed by atoms with Crippen molar-refractivity contribution in [3.63, 3.8) is 0 Å². The fourth-order valence-corrected chi connectivity index (χ4v) is 24.5. The molecule has 2 aliphatic rings. The van der Waals surface area contributed by atoms with Gasteiger partial charge in [-0.2, -0.15) is 0 Å². The standard InChI is InChI=1S/C86H68N2O2P2S2.2BrH/c1-9-27-63(28-10-1)83-75-51-53-77(87-75)85(65-43-47-67(48-44-65)89-59-25-61-91(69-31-13-3-14-32-69,70-33-15-4-16-34-70)71-35-17-5-18-36-71)81-57-58-82(94-81)86(78-54-52-76(88-78)84(64-29-11-2-12-30-64)80-56-55-79(83)93-80)66-45-49-68(50-46-66)90-60-26-62-92(72-37-19-6-20-38-72,73-39-21-7-22-40-73)74-41-23-8-24-42-74;;/h1-24,27-58H,25-26,59-62H2;2*1H/q+2;;/p-2. The monoisotopic (exact) mass is 1440 g/mol. The van der Waals surface area contributed by atoms with Crippen molar-refractivity contribution in [1.82, 2.24) is 9.97 Å². The van der Waals surface area contributed by atoms with Gasteiger partial charge in [0.05, 0.1) is 48.3 Å². The average molecular weight is 1450 g/mol. The molecule has 0 saturated heterocycles. The molecule has 0 N–H and O–H groups in total. The van der Waals surface area contributed by atoms with E-state index in [1.54, 1.807) is 22.7 Å². The van der Waals surface area contributed by atoms with Gasteiger partial charge in [0.25, 0.3) is 0 Å². The van der Waals surface area contributed by atoms with Crippen molar-refractivity contribution < 1.29 is 43.4 Å². The van der Waals surface area contributed by atoms with Gasteiger partial charge in [-0.05, 0) is 168 Å². The fraction of sp³-hybridized carbons (Fsp3) is 0.0698. The predicted octanol–water partition coefficient (Wildman–Crippen LogP) is 14.3. The van der Waals surface area contributed by atoms with E-state index in [1.165, 1.54) is 31.8 Å². The first kappa shape index (κ1) is 65.7. The van der Waals surface area contributed by atoms with Gasteiger partial charge >= 0.3 is 0 Å². The summed E-state index contributed by atoms with van der Waals surface area (Å²) >= 11 is 3.56. The van der Waals surface area contributed by atoms with E-state index in [-0.39, 0.29) is 34.0 Å². The van der Waals surface area contributed by atoms with Gasteiger partial charge in [-0.15, -0.1) is 22.7 Å². The van der Waals surface area contributed by atoms with Crippen LogP contribution in [0.15, 0.2) is 315 Å². The lowest BCUT2D eigenvalue weighted by molar-refractivity contribution is -0.00100. The lowest BCUT2D eigenvalue weighted by atomic mass is 10.0. The summed E-state index contributed by atoms with van der Waals surface area (Å²) in [6, 6.07) is 115. The third-order valence-corrected chi connectivity index (χ3v) is 29.2. The number of rotatable bonds is 20. The van der Waals surface area contributed by atoms with Crippen molar-refractivity contribution in [2.75, 3.05) is 25.5 Å². The van der Waals surface area contributed by atoms with E-state index in [9.17, 15) is 0 Å². The van der Waals surface area contributed by atoms with E-state index < -0.39 is 14.5 Å². The Labute approximate surface area is 593 Å². The lowest BCUT2D eigenvalue weighted by Gasteiger charge is -2.27. The zero-order valence-electron chi connectivity index (χ0n) is 52.8. The molecule has 2 aliphatic heterocycles. The van der Waals surface area contributed by atoms with Crippen LogP contribution in [0.3, 0.4) is 0 Å². The predicted molar refractivity (Wildman–Crippen MR) is 408 cm³/mol. The van der Waals surface area contributed by atoms with E-state index in [1.807, 2.05) is 0 Å². The number of aromatic nitrogens is 2. The Morgan fingerprint density at radius 2 is 0.469 bits per heavy atom. The van der Waals surface area contributed by atoms with Gasteiger partial charge in [-0.1, -0.05) is 194 Å². The summed E-state index contributed by atoms with van der Waals surface area (Å²) in [7, 11) is -4.00. The van der Waals surface area contributed by atoms with Gasteiger partial charge in [-0.25, -0.2) is 9.97 Å². The zero-order valence-corrected chi connectivity index (χ0v) is 59.3. The van der Waals surface area contributed by atoms with Crippen LogP contribution < -0.4 is 75.3 Å². The molecule has 0 fully saturated rings. The quantitative estimate of drug-likeness (QED) is 0.0563. The maximum absolute atomic E-state index is 6.73. The molecule has 0 unspecified atom stereocenters. The van der Waals surface area contributed by atoms with Crippen LogP contribution in [0.25, 0.3) is 87.6 Å². The highest BCUT2D eigenvalue weighted by Gasteiger charge is 2.46. The number of hydrogen-bond acceptors (Lipinski definition) is 6. The van der Waals surface area contributed by atoms with Crippen LogP contribution in [-0.2, 0) is 0 Å². The van der Waals surface area contributed by atoms with E-state index in [0.29, 0.717) is 13.2 Å². The van der Waals surface area contributed by atoms with E-state index in [4.69, 9.17) is 19.4 Å². The van der Waals surface area contributed by atoms with E-state index in [0.717, 1.165) is 123 Å². The molecule has 3 aromatic heterocycles. The van der Waals surface area contributed by atoms with Crippen molar-refractivity contribution in [2.24, 2.45) is 0 Å². The molecule has 8 bridgehead atoms. The third kappa shape index (κ3) is 13.5. The van der Waals surface area contributed by atoms with Crippen LogP contribution in [0, 0.1) is 0 Å². The lowest BCUT2D eigenvalue weighted by Crippen LogP contribution is -3.00. The second kappa shape index (κ2) is 30.4. The number of hydrogen-bond donors (Lipinski definition) is 0. The first-order chi connectivity index (χ1) is 46.6. The molecule has 470 valence electrons. The SMILES string of the molecule is C1=Cc2nc1c(-c1ccccc1)c1ccc(s1)c(-c1ccccc1)c1nc(c(-c3ccc(OCCC[P+](c4ccccc4)(c4ccccc4)c4ccccc4)cc3)c3ccc(s3)c2-c2ccc(OCCC[P+](c3ccccc3)(c3ccccc3)c3ccccc3)cc2)C=C1.[Br-].[Br-]. The van der Waals surface area contributed by atoms with Gasteiger partial charge in [0.15, 0.2) is 0 Å². The summed E-state index contributed by atoms with van der Waals surface area (Å²) in [4.78, 5) is 11.3. The Morgan fingerprint density at radius 1 is 0.250 bits per heavy atom. The van der Waals surface area contributed by atoms with Crippen molar-refractivity contribution in [2.45, 2.75) is 12.8 Å². The Morgan fingerprint density at radius 3 is 0.708 bits per heavy atom. The first-order valence-corrected chi connectivity index (χ1v) is 37.8. The highest BCUT2D eigenvalue weighted by Crippen LogP contribution is 2.57. The largest absolute Gasteiger partial charge is 1.00 e. The molecule has 0 amide bonds.